The molecule has 460 valence electrons. The van der Waals surface area contributed by atoms with Crippen molar-refractivity contribution in [3.05, 3.63) is 51.6 Å². The number of ketones is 3. The van der Waals surface area contributed by atoms with Crippen molar-refractivity contribution in [1.29, 1.82) is 0 Å². The highest BCUT2D eigenvalue weighted by Gasteiger charge is 2.56. The Morgan fingerprint density at radius 2 is 1.17 bits per heavy atom. The lowest BCUT2D eigenvalue weighted by Gasteiger charge is -2.51. The van der Waals surface area contributed by atoms with Gasteiger partial charge in [-0.3, -0.25) is 14.4 Å². The SMILES string of the molecule is CC[C@]1(O)C[C@H](O[C@H]2C[C@@H](N(C)C)[C@@H](O[C@H]3C[C@H]4O[C@H]5CC(=O)[C@@H](C)O[C@@H]5O[C@H]4[C@@H](C)O3)[C@@H](C)O2)c2c(O)c3c(c(O)c2[C@H]1O[C@H]1C[C@@H](N(C)C)[C@@H](O[C@@H]2CC[C@H](O[C@@H]4CC[C@@H](O)[C@@H](C)O4)[C@@H](C)O2)[C@@H](C)O1)C(=O)c1cccc(O)c1C3=O. The molecule has 7 aliphatic heterocycles. The minimum absolute atomic E-state index is 0.0250. The van der Waals surface area contributed by atoms with E-state index in [0.717, 1.165) is 0 Å². The number of carbonyl (C=O) groups is 3. The number of hydrogen-bond donors (Lipinski definition) is 5. The van der Waals surface area contributed by atoms with E-state index in [1.54, 1.807) is 13.8 Å². The molecular weight excluding hydrogens is 1080 g/mol. The highest BCUT2D eigenvalue weighted by Crippen LogP contribution is 2.58. The average Bonchev–Trinajstić information content (AvgIpc) is 1.62. The molecule has 24 atom stereocenters. The molecule has 0 unspecified atom stereocenters. The molecule has 83 heavy (non-hydrogen) atoms. The third kappa shape index (κ3) is 11.5. The summed E-state index contributed by atoms with van der Waals surface area (Å²) in [7, 11) is 7.63. The summed E-state index contributed by atoms with van der Waals surface area (Å²) in [6.45, 7) is 12.8. The van der Waals surface area contributed by atoms with E-state index in [-0.39, 0.29) is 90.5 Å². The molecule has 7 saturated heterocycles. The van der Waals surface area contributed by atoms with Crippen molar-refractivity contribution in [2.24, 2.45) is 0 Å². The minimum atomic E-state index is -1.87. The predicted molar refractivity (Wildman–Crippen MR) is 289 cm³/mol. The maximum absolute atomic E-state index is 14.6. The number of rotatable bonds is 13. The molecule has 0 spiro atoms. The van der Waals surface area contributed by atoms with Gasteiger partial charge in [-0.2, -0.15) is 0 Å². The highest BCUT2D eigenvalue weighted by molar-refractivity contribution is 6.31. The van der Waals surface area contributed by atoms with Crippen LogP contribution >= 0.6 is 0 Å². The van der Waals surface area contributed by atoms with Crippen molar-refractivity contribution in [2.75, 3.05) is 28.2 Å². The lowest BCUT2D eigenvalue weighted by atomic mass is 9.70. The van der Waals surface area contributed by atoms with Crippen LogP contribution in [0.2, 0.25) is 0 Å². The molecule has 0 saturated carbocycles. The first-order valence-corrected chi connectivity index (χ1v) is 29.7. The first kappa shape index (κ1) is 60.8. The van der Waals surface area contributed by atoms with Gasteiger partial charge in [0.15, 0.2) is 49.3 Å². The van der Waals surface area contributed by atoms with Crippen molar-refractivity contribution in [3.8, 4) is 17.2 Å². The van der Waals surface area contributed by atoms with E-state index in [4.69, 9.17) is 61.6 Å². The number of phenolic OH excluding ortho intramolecular Hbond substituents is 3. The highest BCUT2D eigenvalue weighted by atomic mass is 16.8. The summed E-state index contributed by atoms with van der Waals surface area (Å²) in [6, 6.07) is 3.33. The maximum Gasteiger partial charge on any atom is 0.202 e. The van der Waals surface area contributed by atoms with Crippen LogP contribution in [0.15, 0.2) is 18.2 Å². The van der Waals surface area contributed by atoms with Crippen LogP contribution in [0.1, 0.15) is 168 Å². The molecule has 7 fully saturated rings. The van der Waals surface area contributed by atoms with E-state index >= 15 is 0 Å². The van der Waals surface area contributed by atoms with Crippen molar-refractivity contribution in [1.82, 2.24) is 9.80 Å². The second-order valence-corrected chi connectivity index (χ2v) is 24.8. The molecule has 23 heteroatoms. The Morgan fingerprint density at radius 1 is 0.590 bits per heavy atom. The molecule has 0 aromatic heterocycles. The number of fused-ring (bicyclic) bond motifs is 5. The number of likely N-dealkylation sites (N-methyl/N-ethyl adjacent to an activating group) is 2. The Hall–Kier alpha value is -3.83. The standard InChI is InChI=1S/C60H84N2O21/c1-12-60(70)24-40(79-43-20-32(61(8)9)56(29(6)73-43)81-45-23-38-57(30(7)75-45)83-59-39(77-38)22-36(65)26(3)76-59)47-50(54(69)48-49(53(47)68)52(67)46-31(51(48)66)14-13-15-35(46)64)58(60)82-44-21-33(62(10)11)55(28(5)74-44)80-42-19-17-37(27(4)72-42)78-41-18-16-34(63)25(2)71-41/h13-15,25-30,32-34,37-45,55-59,63-64,68-70H,12,16-24H2,1-11H3/t25-,26-,27-,28-,29-,30-,32-,33-,34-,37+,38-,39+,40+,41-,42-,43+,44+,45+,55+,56+,57+,58-,59-,60+/m1/s1. The van der Waals surface area contributed by atoms with Crippen LogP contribution in [-0.4, -0.2) is 216 Å². The van der Waals surface area contributed by atoms with E-state index in [2.05, 4.69) is 0 Å². The van der Waals surface area contributed by atoms with E-state index in [1.165, 1.54) is 18.2 Å². The zero-order valence-corrected chi connectivity index (χ0v) is 49.2. The van der Waals surface area contributed by atoms with Crippen LogP contribution in [0.5, 0.6) is 17.2 Å². The second-order valence-electron chi connectivity index (χ2n) is 24.8. The van der Waals surface area contributed by atoms with Gasteiger partial charge in [-0.05, 0) is 95.1 Å². The van der Waals surface area contributed by atoms with Crippen LogP contribution in [0.25, 0.3) is 0 Å². The van der Waals surface area contributed by atoms with Gasteiger partial charge in [0, 0.05) is 73.7 Å². The molecule has 2 aromatic rings. The summed E-state index contributed by atoms with van der Waals surface area (Å²) in [5.74, 6) is -3.64. The number of phenols is 3. The number of ether oxygens (including phenoxy) is 13. The summed E-state index contributed by atoms with van der Waals surface area (Å²) in [6.07, 6.45) is -10.5. The van der Waals surface area contributed by atoms with Gasteiger partial charge >= 0.3 is 0 Å². The minimum Gasteiger partial charge on any atom is -0.507 e. The van der Waals surface area contributed by atoms with Gasteiger partial charge in [-0.1, -0.05) is 19.1 Å². The lowest BCUT2D eigenvalue weighted by molar-refractivity contribution is -0.371. The fourth-order valence-electron chi connectivity index (χ4n) is 14.1. The number of aliphatic hydroxyl groups is 2. The second kappa shape index (κ2) is 24.0. The van der Waals surface area contributed by atoms with E-state index in [0.29, 0.717) is 32.1 Å². The van der Waals surface area contributed by atoms with E-state index < -0.39 is 157 Å². The van der Waals surface area contributed by atoms with Crippen LogP contribution in [0, 0.1) is 0 Å². The Morgan fingerprint density at radius 3 is 1.82 bits per heavy atom. The Labute approximate surface area is 483 Å². The van der Waals surface area contributed by atoms with Gasteiger partial charge in [-0.15, -0.1) is 0 Å². The van der Waals surface area contributed by atoms with E-state index in [1.807, 2.05) is 72.6 Å². The number of hydrogen-bond acceptors (Lipinski definition) is 23. The quantitative estimate of drug-likeness (QED) is 0.142. The summed E-state index contributed by atoms with van der Waals surface area (Å²) in [5.41, 5.74) is -3.68. The molecular formula is C60H84N2O21. The van der Waals surface area contributed by atoms with Crippen molar-refractivity contribution >= 4 is 17.3 Å². The molecule has 11 rings (SSSR count). The van der Waals surface area contributed by atoms with E-state index in [9.17, 15) is 39.9 Å². The first-order valence-electron chi connectivity index (χ1n) is 29.7. The summed E-state index contributed by atoms with van der Waals surface area (Å²) in [4.78, 5) is 45.7. The summed E-state index contributed by atoms with van der Waals surface area (Å²) < 4.78 is 84.2. The molecule has 5 N–H and O–H groups in total. The number of benzene rings is 2. The average molecular weight is 1170 g/mol. The van der Waals surface area contributed by atoms with Crippen molar-refractivity contribution in [3.63, 3.8) is 0 Å². The van der Waals surface area contributed by atoms with Gasteiger partial charge in [0.05, 0.1) is 77.2 Å². The lowest BCUT2D eigenvalue weighted by Crippen LogP contribution is -2.62. The zero-order valence-electron chi connectivity index (χ0n) is 49.2. The largest absolute Gasteiger partial charge is 0.507 e. The monoisotopic (exact) mass is 1170 g/mol. The van der Waals surface area contributed by atoms with Gasteiger partial charge in [0.2, 0.25) is 5.78 Å². The first-order chi connectivity index (χ1) is 39.4. The molecule has 7 heterocycles. The van der Waals surface area contributed by atoms with Gasteiger partial charge in [-0.25, -0.2) is 0 Å². The molecule has 2 aromatic carbocycles. The number of Topliss-reactive ketones (excluding diaryl/α,β-unsaturated/α-hetero) is 1. The number of nitrogens with zero attached hydrogens (tertiary/aromatic N) is 2. The number of carbonyl (C=O) groups excluding carboxylic acids is 3. The molecule has 0 bridgehead atoms. The number of aromatic hydroxyl groups is 3. The van der Waals surface area contributed by atoms with Crippen LogP contribution in [0.4, 0.5) is 0 Å². The molecule has 9 aliphatic rings. The van der Waals surface area contributed by atoms with Crippen molar-refractivity contribution < 1.29 is 101 Å². The van der Waals surface area contributed by atoms with Crippen molar-refractivity contribution in [2.45, 2.75) is 260 Å². The Kier molecular flexibility index (Phi) is 17.6. The van der Waals surface area contributed by atoms with Gasteiger partial charge < -0.3 is 96.9 Å². The summed E-state index contributed by atoms with van der Waals surface area (Å²) in [5, 5.41) is 59.6. The molecule has 0 radical (unpaired) electrons. The molecule has 2 aliphatic carbocycles. The zero-order chi connectivity index (χ0) is 59.2. The molecule has 0 amide bonds. The summed E-state index contributed by atoms with van der Waals surface area (Å²) >= 11 is 0. The van der Waals surface area contributed by atoms with Gasteiger partial charge in [0.25, 0.3) is 0 Å². The topological polar surface area (TPSA) is 279 Å². The number of aliphatic hydroxyl groups excluding tert-OH is 1. The fraction of sp³-hybridized carbons (Fsp3) is 0.750. The smallest absolute Gasteiger partial charge is 0.202 e. The van der Waals surface area contributed by atoms with Crippen LogP contribution < -0.4 is 0 Å². The molecule has 23 nitrogen and oxygen atoms in total. The maximum atomic E-state index is 14.6. The third-order valence-electron chi connectivity index (χ3n) is 18.8. The van der Waals surface area contributed by atoms with Crippen LogP contribution in [0.3, 0.4) is 0 Å². The van der Waals surface area contributed by atoms with Gasteiger partial charge in [0.1, 0.15) is 53.9 Å². The predicted octanol–water partition coefficient (Wildman–Crippen LogP) is 4.93. The Balaban J connectivity index is 0.842. The normalized spacial score (nSPS) is 42.8. The van der Waals surface area contributed by atoms with Crippen LogP contribution in [-0.2, 0) is 66.4 Å². The third-order valence-corrected chi connectivity index (χ3v) is 18.8. The Bertz CT molecular complexity index is 2730. The fourth-order valence-corrected chi connectivity index (χ4v) is 14.1.